The number of nitrogens with zero attached hydrogens (tertiary/aromatic N) is 7. The highest BCUT2D eigenvalue weighted by Gasteiger charge is 2.18. The molecule has 3 aromatic rings. The van der Waals surface area contributed by atoms with Crippen LogP contribution in [0.1, 0.15) is 25.1 Å². The van der Waals surface area contributed by atoms with Crippen LogP contribution in [-0.4, -0.2) is 42.3 Å². The zero-order valence-electron chi connectivity index (χ0n) is 13.5. The number of amides is 1. The van der Waals surface area contributed by atoms with Crippen LogP contribution in [0.4, 0.5) is 0 Å². The van der Waals surface area contributed by atoms with Gasteiger partial charge in [-0.25, -0.2) is 9.67 Å². The molecule has 0 N–H and O–H groups in total. The number of carbonyl (C=O) groups is 1. The summed E-state index contributed by atoms with van der Waals surface area (Å²) < 4.78 is 6.98. The summed E-state index contributed by atoms with van der Waals surface area (Å²) in [5, 5.41) is 22.6. The monoisotopic (exact) mass is 357 g/mol. The average molecular weight is 357 g/mol. The van der Waals surface area contributed by atoms with Gasteiger partial charge in [-0.1, -0.05) is 13.0 Å². The maximum Gasteiger partial charge on any atom is 0.257 e. The summed E-state index contributed by atoms with van der Waals surface area (Å²) in [6.45, 7) is 2.76. The Morgan fingerprint density at radius 2 is 2.36 bits per heavy atom. The normalized spacial score (nSPS) is 10.6. The fourth-order valence-electron chi connectivity index (χ4n) is 2.20. The van der Waals surface area contributed by atoms with Gasteiger partial charge in [0.05, 0.1) is 11.4 Å². The van der Waals surface area contributed by atoms with Gasteiger partial charge in [0, 0.05) is 6.54 Å². The fraction of sp³-hybridized carbons (Fsp3) is 0.333. The first kappa shape index (κ1) is 16.8. The Labute approximate surface area is 147 Å². The molecule has 3 aromatic heterocycles. The zero-order chi connectivity index (χ0) is 17.6. The molecule has 0 saturated heterocycles. The van der Waals surface area contributed by atoms with Gasteiger partial charge in [-0.2, -0.15) is 5.26 Å². The first-order valence-electron chi connectivity index (χ1n) is 7.63. The van der Waals surface area contributed by atoms with Gasteiger partial charge in [0.25, 0.3) is 11.7 Å². The molecule has 0 aliphatic rings. The third-order valence-corrected chi connectivity index (χ3v) is 4.16. The maximum atomic E-state index is 12.5. The van der Waals surface area contributed by atoms with Crippen LogP contribution in [0, 0.1) is 11.3 Å². The Morgan fingerprint density at radius 3 is 3.04 bits per heavy atom. The van der Waals surface area contributed by atoms with Crippen LogP contribution in [0.5, 0.6) is 0 Å². The summed E-state index contributed by atoms with van der Waals surface area (Å²) >= 11 is 1.51. The minimum atomic E-state index is -0.160. The van der Waals surface area contributed by atoms with Gasteiger partial charge in [-0.15, -0.1) is 26.6 Å². The molecule has 0 fully saturated rings. The Balaban J connectivity index is 1.68. The largest absolute Gasteiger partial charge is 0.418 e. The second-order valence-electron chi connectivity index (χ2n) is 5.17. The molecule has 10 heteroatoms. The second kappa shape index (κ2) is 7.67. The number of thiophene rings is 1. The lowest BCUT2D eigenvalue weighted by Crippen LogP contribution is -2.34. The van der Waals surface area contributed by atoms with Gasteiger partial charge in [0.1, 0.15) is 18.9 Å². The minimum Gasteiger partial charge on any atom is -0.418 e. The molecule has 3 rings (SSSR count). The van der Waals surface area contributed by atoms with Gasteiger partial charge in [0.2, 0.25) is 11.8 Å². The van der Waals surface area contributed by atoms with Crippen LogP contribution in [-0.2, 0) is 17.9 Å². The van der Waals surface area contributed by atoms with E-state index in [-0.39, 0.29) is 24.8 Å². The van der Waals surface area contributed by atoms with Crippen LogP contribution in [0.15, 0.2) is 28.3 Å². The lowest BCUT2D eigenvalue weighted by Gasteiger charge is -2.20. The van der Waals surface area contributed by atoms with E-state index in [0.717, 1.165) is 11.3 Å². The van der Waals surface area contributed by atoms with Gasteiger partial charge in [-0.3, -0.25) is 4.79 Å². The van der Waals surface area contributed by atoms with Crippen LogP contribution < -0.4 is 0 Å². The number of hydrogen-bond acceptors (Lipinski definition) is 8. The molecule has 0 saturated carbocycles. The number of hydrogen-bond donors (Lipinski definition) is 0. The molecular formula is C15H15N7O2S. The van der Waals surface area contributed by atoms with Crippen molar-refractivity contribution in [3.8, 4) is 16.8 Å². The van der Waals surface area contributed by atoms with Crippen molar-refractivity contribution in [1.82, 2.24) is 29.9 Å². The van der Waals surface area contributed by atoms with E-state index in [1.54, 1.807) is 4.90 Å². The van der Waals surface area contributed by atoms with E-state index in [1.807, 2.05) is 30.5 Å². The Hall–Kier alpha value is -3.06. The molecule has 0 bridgehead atoms. The maximum absolute atomic E-state index is 12.5. The molecule has 0 atom stereocenters. The first-order valence-corrected chi connectivity index (χ1v) is 8.51. The van der Waals surface area contributed by atoms with E-state index in [0.29, 0.717) is 18.3 Å². The smallest absolute Gasteiger partial charge is 0.257 e. The molecule has 0 aliphatic carbocycles. The van der Waals surface area contributed by atoms with E-state index < -0.39 is 0 Å². The molecule has 0 radical (unpaired) electrons. The molecule has 0 spiro atoms. The summed E-state index contributed by atoms with van der Waals surface area (Å²) in [5.74, 6) is 0.699. The molecule has 0 aliphatic heterocycles. The van der Waals surface area contributed by atoms with Gasteiger partial charge < -0.3 is 9.32 Å². The molecule has 25 heavy (non-hydrogen) atoms. The molecule has 128 valence electrons. The second-order valence-corrected chi connectivity index (χ2v) is 6.12. The summed E-state index contributed by atoms with van der Waals surface area (Å²) in [4.78, 5) is 18.8. The lowest BCUT2D eigenvalue weighted by atomic mass is 10.3. The van der Waals surface area contributed by atoms with Crippen LogP contribution in [0.2, 0.25) is 0 Å². The highest BCUT2D eigenvalue weighted by molar-refractivity contribution is 7.13. The van der Waals surface area contributed by atoms with Crippen molar-refractivity contribution in [2.24, 2.45) is 0 Å². The quantitative estimate of drug-likeness (QED) is 0.632. The van der Waals surface area contributed by atoms with Gasteiger partial charge in [-0.05, 0) is 17.9 Å². The summed E-state index contributed by atoms with van der Waals surface area (Å²) in [5.41, 5.74) is 0. The van der Waals surface area contributed by atoms with E-state index in [4.69, 9.17) is 9.68 Å². The summed E-state index contributed by atoms with van der Waals surface area (Å²) in [7, 11) is 0. The topological polar surface area (TPSA) is 114 Å². The van der Waals surface area contributed by atoms with Crippen LogP contribution in [0.25, 0.3) is 10.8 Å². The Kier molecular flexibility index (Phi) is 5.15. The number of nitriles is 1. The van der Waals surface area contributed by atoms with E-state index in [1.165, 1.54) is 22.3 Å². The van der Waals surface area contributed by atoms with E-state index in [9.17, 15) is 4.79 Å². The van der Waals surface area contributed by atoms with Crippen molar-refractivity contribution in [2.75, 3.05) is 6.54 Å². The standard InChI is InChI=1S/C15H15N7O2S/c1-2-5-21(14(23)9-22-10-17-12(7-16)20-22)8-13-18-19-15(24-13)11-4-3-6-25-11/h3-4,6,10H,2,5,8-9H2,1H3. The summed E-state index contributed by atoms with van der Waals surface area (Å²) in [6, 6.07) is 5.64. The molecular weight excluding hydrogens is 342 g/mol. The Morgan fingerprint density at radius 1 is 1.48 bits per heavy atom. The zero-order valence-corrected chi connectivity index (χ0v) is 14.3. The fourth-order valence-corrected chi connectivity index (χ4v) is 2.85. The summed E-state index contributed by atoms with van der Waals surface area (Å²) in [6.07, 6.45) is 2.15. The van der Waals surface area contributed by atoms with Crippen molar-refractivity contribution in [3.63, 3.8) is 0 Å². The number of carbonyl (C=O) groups excluding carboxylic acids is 1. The number of aromatic nitrogens is 5. The van der Waals surface area contributed by atoms with E-state index >= 15 is 0 Å². The van der Waals surface area contributed by atoms with E-state index in [2.05, 4.69) is 20.3 Å². The Bertz CT molecular complexity index is 878. The van der Waals surface area contributed by atoms with Crippen molar-refractivity contribution in [1.29, 1.82) is 5.26 Å². The molecule has 0 aromatic carbocycles. The molecule has 0 unspecified atom stereocenters. The molecule has 1 amide bonds. The highest BCUT2D eigenvalue weighted by atomic mass is 32.1. The third kappa shape index (κ3) is 4.07. The molecule has 9 nitrogen and oxygen atoms in total. The van der Waals surface area contributed by atoms with Crippen molar-refractivity contribution < 1.29 is 9.21 Å². The first-order chi connectivity index (χ1) is 12.2. The average Bonchev–Trinajstić information content (AvgIpc) is 3.35. The minimum absolute atomic E-state index is 0.000594. The van der Waals surface area contributed by atoms with Gasteiger partial charge in [0.15, 0.2) is 0 Å². The SMILES string of the molecule is CCCN(Cc1nnc(-c2cccs2)o1)C(=O)Cn1cnc(C#N)n1. The predicted molar refractivity (Wildman–Crippen MR) is 88.1 cm³/mol. The molecule has 3 heterocycles. The van der Waals surface area contributed by atoms with Crippen molar-refractivity contribution in [2.45, 2.75) is 26.4 Å². The number of rotatable bonds is 7. The van der Waals surface area contributed by atoms with Gasteiger partial charge >= 0.3 is 0 Å². The van der Waals surface area contributed by atoms with Crippen LogP contribution >= 0.6 is 11.3 Å². The highest BCUT2D eigenvalue weighted by Crippen LogP contribution is 2.23. The predicted octanol–water partition coefficient (Wildman–Crippen LogP) is 1.70. The van der Waals surface area contributed by atoms with Crippen molar-refractivity contribution >= 4 is 17.2 Å². The lowest BCUT2D eigenvalue weighted by molar-refractivity contribution is -0.133. The van der Waals surface area contributed by atoms with Crippen molar-refractivity contribution in [3.05, 3.63) is 35.6 Å². The third-order valence-electron chi connectivity index (χ3n) is 3.30. The van der Waals surface area contributed by atoms with Crippen LogP contribution in [0.3, 0.4) is 0 Å².